The second-order valence-electron chi connectivity index (χ2n) is 4.27. The minimum Gasteiger partial charge on any atom is -0.308 e. The molecule has 0 spiro atoms. The van der Waals surface area contributed by atoms with Gasteiger partial charge in [-0.3, -0.25) is 4.68 Å². The van der Waals surface area contributed by atoms with Gasteiger partial charge < -0.3 is 5.32 Å². The van der Waals surface area contributed by atoms with Gasteiger partial charge in [0.15, 0.2) is 11.6 Å². The summed E-state index contributed by atoms with van der Waals surface area (Å²) in [6.45, 7) is 3.14. The molecule has 102 valence electrons. The molecule has 2 aromatic rings. The van der Waals surface area contributed by atoms with Crippen molar-refractivity contribution in [3.05, 3.63) is 48.1 Å². The van der Waals surface area contributed by atoms with Gasteiger partial charge in [0.05, 0.1) is 12.6 Å². The molecule has 1 aromatic carbocycles. The number of aromatic nitrogens is 3. The molecule has 0 saturated heterocycles. The maximum Gasteiger partial charge on any atom is 0.163 e. The number of halogens is 2. The highest BCUT2D eigenvalue weighted by Crippen LogP contribution is 2.20. The highest BCUT2D eigenvalue weighted by molar-refractivity contribution is 5.22. The second kappa shape index (κ2) is 6.38. The Morgan fingerprint density at radius 2 is 2.21 bits per heavy atom. The third kappa shape index (κ3) is 3.35. The number of hydrogen-bond donors (Lipinski definition) is 1. The van der Waals surface area contributed by atoms with Gasteiger partial charge in [0.1, 0.15) is 12.7 Å². The summed E-state index contributed by atoms with van der Waals surface area (Å²) in [4.78, 5) is 3.85. The predicted octanol–water partition coefficient (Wildman–Crippen LogP) is 2.30. The molecule has 0 bridgehead atoms. The quantitative estimate of drug-likeness (QED) is 0.872. The van der Waals surface area contributed by atoms with E-state index >= 15 is 0 Å². The first kappa shape index (κ1) is 13.6. The molecule has 0 saturated carbocycles. The molecule has 1 aromatic heterocycles. The fourth-order valence-corrected chi connectivity index (χ4v) is 1.90. The van der Waals surface area contributed by atoms with Crippen LogP contribution in [0.15, 0.2) is 30.9 Å². The fourth-order valence-electron chi connectivity index (χ4n) is 1.90. The molecule has 6 heteroatoms. The summed E-state index contributed by atoms with van der Waals surface area (Å²) in [5.41, 5.74) is 0.309. The third-order valence-corrected chi connectivity index (χ3v) is 2.83. The van der Waals surface area contributed by atoms with Gasteiger partial charge in [0.2, 0.25) is 0 Å². The van der Waals surface area contributed by atoms with Crippen molar-refractivity contribution < 1.29 is 8.78 Å². The summed E-state index contributed by atoms with van der Waals surface area (Å²) >= 11 is 0. The van der Waals surface area contributed by atoms with Crippen LogP contribution in [0.4, 0.5) is 8.78 Å². The Labute approximate surface area is 110 Å². The van der Waals surface area contributed by atoms with Crippen LogP contribution in [0, 0.1) is 11.6 Å². The number of hydrogen-bond acceptors (Lipinski definition) is 3. The molecule has 2 rings (SSSR count). The lowest BCUT2D eigenvalue weighted by Crippen LogP contribution is -2.27. The molecule has 0 radical (unpaired) electrons. The Hall–Kier alpha value is -1.82. The van der Waals surface area contributed by atoms with Gasteiger partial charge in [-0.1, -0.05) is 19.1 Å². The van der Waals surface area contributed by atoms with Crippen LogP contribution < -0.4 is 5.32 Å². The average Bonchev–Trinajstić information content (AvgIpc) is 2.91. The molecule has 0 aliphatic carbocycles. The predicted molar refractivity (Wildman–Crippen MR) is 67.4 cm³/mol. The lowest BCUT2D eigenvalue weighted by Gasteiger charge is -2.19. The number of rotatable bonds is 6. The van der Waals surface area contributed by atoms with Gasteiger partial charge in [-0.2, -0.15) is 5.10 Å². The van der Waals surface area contributed by atoms with Gasteiger partial charge in [-0.25, -0.2) is 13.8 Å². The molecule has 0 aliphatic rings. The lowest BCUT2D eigenvalue weighted by molar-refractivity contribution is 0.410. The molecule has 0 amide bonds. The molecule has 0 fully saturated rings. The molecule has 0 aliphatic heterocycles. The summed E-state index contributed by atoms with van der Waals surface area (Å²) in [5.74, 6) is -1.64. The normalized spacial score (nSPS) is 12.6. The Morgan fingerprint density at radius 1 is 1.37 bits per heavy atom. The van der Waals surface area contributed by atoms with E-state index < -0.39 is 11.6 Å². The monoisotopic (exact) mass is 266 g/mol. The highest BCUT2D eigenvalue weighted by atomic mass is 19.2. The van der Waals surface area contributed by atoms with Crippen LogP contribution in [0.2, 0.25) is 0 Å². The maximum absolute atomic E-state index is 13.8. The first-order valence-corrected chi connectivity index (χ1v) is 6.22. The molecular formula is C13H16F2N4. The summed E-state index contributed by atoms with van der Waals surface area (Å²) in [6.07, 6.45) is 3.88. The molecule has 19 heavy (non-hydrogen) atoms. The van der Waals surface area contributed by atoms with Crippen LogP contribution in [-0.4, -0.2) is 21.3 Å². The van der Waals surface area contributed by atoms with Crippen LogP contribution in [0.3, 0.4) is 0 Å². The summed E-state index contributed by atoms with van der Waals surface area (Å²) in [5, 5.41) is 7.19. The second-order valence-corrected chi connectivity index (χ2v) is 4.27. The molecule has 4 nitrogen and oxygen atoms in total. The molecule has 1 heterocycles. The van der Waals surface area contributed by atoms with E-state index in [-0.39, 0.29) is 6.04 Å². The summed E-state index contributed by atoms with van der Waals surface area (Å²) in [7, 11) is 0. The van der Waals surface area contributed by atoms with Crippen molar-refractivity contribution in [3.63, 3.8) is 0 Å². The van der Waals surface area contributed by atoms with E-state index in [0.29, 0.717) is 12.1 Å². The van der Waals surface area contributed by atoms with E-state index in [4.69, 9.17) is 0 Å². The van der Waals surface area contributed by atoms with E-state index in [9.17, 15) is 8.78 Å². The van der Waals surface area contributed by atoms with E-state index in [0.717, 1.165) is 19.0 Å². The van der Waals surface area contributed by atoms with E-state index in [1.165, 1.54) is 12.4 Å². The van der Waals surface area contributed by atoms with Crippen LogP contribution in [0.1, 0.15) is 24.9 Å². The topological polar surface area (TPSA) is 42.7 Å². The smallest absolute Gasteiger partial charge is 0.163 e. The van der Waals surface area contributed by atoms with Crippen LogP contribution in [-0.2, 0) is 6.54 Å². The van der Waals surface area contributed by atoms with E-state index in [1.807, 2.05) is 6.92 Å². The van der Waals surface area contributed by atoms with Gasteiger partial charge in [0.25, 0.3) is 0 Å². The van der Waals surface area contributed by atoms with E-state index in [2.05, 4.69) is 15.4 Å². The highest BCUT2D eigenvalue weighted by Gasteiger charge is 2.18. The molecular weight excluding hydrogens is 250 g/mol. The third-order valence-electron chi connectivity index (χ3n) is 2.83. The zero-order chi connectivity index (χ0) is 13.7. The lowest BCUT2D eigenvalue weighted by atomic mass is 10.1. The molecule has 1 unspecified atom stereocenters. The first-order valence-electron chi connectivity index (χ1n) is 6.22. The van der Waals surface area contributed by atoms with Crippen LogP contribution in [0.25, 0.3) is 0 Å². The van der Waals surface area contributed by atoms with Crippen LogP contribution in [0.5, 0.6) is 0 Å². The average molecular weight is 266 g/mol. The number of benzene rings is 1. The minimum absolute atomic E-state index is 0.309. The van der Waals surface area contributed by atoms with Crippen molar-refractivity contribution in [1.29, 1.82) is 0 Å². The van der Waals surface area contributed by atoms with Gasteiger partial charge in [-0.05, 0) is 19.0 Å². The maximum atomic E-state index is 13.8. The Morgan fingerprint density at radius 3 is 2.89 bits per heavy atom. The zero-order valence-electron chi connectivity index (χ0n) is 10.7. The van der Waals surface area contributed by atoms with Crippen molar-refractivity contribution in [2.24, 2.45) is 0 Å². The Balaban J connectivity index is 2.23. The fraction of sp³-hybridized carbons (Fsp3) is 0.385. The van der Waals surface area contributed by atoms with Crippen molar-refractivity contribution >= 4 is 0 Å². The minimum atomic E-state index is -0.834. The largest absolute Gasteiger partial charge is 0.308 e. The first-order chi connectivity index (χ1) is 9.22. The Bertz CT molecular complexity index is 513. The molecule has 1 atom stereocenters. The zero-order valence-corrected chi connectivity index (χ0v) is 10.7. The van der Waals surface area contributed by atoms with Gasteiger partial charge >= 0.3 is 0 Å². The van der Waals surface area contributed by atoms with E-state index in [1.54, 1.807) is 17.1 Å². The van der Waals surface area contributed by atoms with Crippen molar-refractivity contribution in [1.82, 2.24) is 20.1 Å². The standard InChI is InChI=1S/C13H16F2N4/c1-2-6-17-12(7-19-9-16-8-18-19)10-4-3-5-11(14)13(10)15/h3-5,8-9,12,17H,2,6-7H2,1H3. The molecule has 1 N–H and O–H groups in total. The SMILES string of the molecule is CCCNC(Cn1cncn1)c1cccc(F)c1F. The number of nitrogens with zero attached hydrogens (tertiary/aromatic N) is 3. The Kier molecular flexibility index (Phi) is 4.57. The number of nitrogens with one attached hydrogen (secondary N) is 1. The van der Waals surface area contributed by atoms with Crippen molar-refractivity contribution in [2.75, 3.05) is 6.54 Å². The summed E-state index contributed by atoms with van der Waals surface area (Å²) in [6, 6.07) is 3.88. The van der Waals surface area contributed by atoms with Crippen molar-refractivity contribution in [2.45, 2.75) is 25.9 Å². The van der Waals surface area contributed by atoms with Gasteiger partial charge in [-0.15, -0.1) is 0 Å². The van der Waals surface area contributed by atoms with Gasteiger partial charge in [0, 0.05) is 5.56 Å². The van der Waals surface area contributed by atoms with Crippen LogP contribution >= 0.6 is 0 Å². The van der Waals surface area contributed by atoms with Crippen molar-refractivity contribution in [3.8, 4) is 0 Å². The summed E-state index contributed by atoms with van der Waals surface area (Å²) < 4.78 is 28.7.